The average molecular weight is 304 g/mol. The number of halogens is 1. The van der Waals surface area contributed by atoms with Crippen molar-refractivity contribution >= 4 is 11.6 Å². The van der Waals surface area contributed by atoms with Crippen LogP contribution >= 0.6 is 11.6 Å². The van der Waals surface area contributed by atoms with Gasteiger partial charge in [0.15, 0.2) is 0 Å². The second-order valence-electron chi connectivity index (χ2n) is 5.19. The molecule has 0 saturated heterocycles. The minimum atomic E-state index is -0.159. The number of rotatable bonds is 3. The number of methoxy groups -OCH3 is 1. The van der Waals surface area contributed by atoms with E-state index in [0.717, 1.165) is 29.0 Å². The Morgan fingerprint density at radius 1 is 1.29 bits per heavy atom. The van der Waals surface area contributed by atoms with Crippen LogP contribution in [0.25, 0.3) is 0 Å². The van der Waals surface area contributed by atoms with Crippen LogP contribution in [0.15, 0.2) is 42.5 Å². The van der Waals surface area contributed by atoms with Crippen molar-refractivity contribution < 1.29 is 9.47 Å². The summed E-state index contributed by atoms with van der Waals surface area (Å²) in [5.41, 5.74) is 8.60. The van der Waals surface area contributed by atoms with Crippen LogP contribution in [0.5, 0.6) is 11.5 Å². The first-order valence-electron chi connectivity index (χ1n) is 7.01. The van der Waals surface area contributed by atoms with Gasteiger partial charge in [-0.3, -0.25) is 0 Å². The summed E-state index contributed by atoms with van der Waals surface area (Å²) in [4.78, 5) is 0. The van der Waals surface area contributed by atoms with Gasteiger partial charge in [-0.1, -0.05) is 35.9 Å². The molecule has 0 aromatic heterocycles. The molecule has 0 aliphatic carbocycles. The van der Waals surface area contributed by atoms with Crippen LogP contribution in [0.3, 0.4) is 0 Å². The minimum absolute atomic E-state index is 0.159. The smallest absolute Gasteiger partial charge is 0.122 e. The number of nitrogens with two attached hydrogens (primary N) is 1. The highest BCUT2D eigenvalue weighted by molar-refractivity contribution is 6.31. The van der Waals surface area contributed by atoms with Gasteiger partial charge in [-0.05, 0) is 35.7 Å². The predicted octanol–water partition coefficient (Wildman–Crippen LogP) is 3.91. The summed E-state index contributed by atoms with van der Waals surface area (Å²) in [6, 6.07) is 13.6. The topological polar surface area (TPSA) is 44.5 Å². The van der Waals surface area contributed by atoms with Crippen molar-refractivity contribution in [3.8, 4) is 11.5 Å². The van der Waals surface area contributed by atoms with Gasteiger partial charge in [0.2, 0.25) is 0 Å². The van der Waals surface area contributed by atoms with Crippen molar-refractivity contribution in [2.75, 3.05) is 13.7 Å². The maximum absolute atomic E-state index is 6.50. The molecule has 3 nitrogen and oxygen atoms in total. The van der Waals surface area contributed by atoms with E-state index < -0.39 is 0 Å². The van der Waals surface area contributed by atoms with E-state index in [1.54, 1.807) is 7.11 Å². The Morgan fingerprint density at radius 3 is 2.86 bits per heavy atom. The minimum Gasteiger partial charge on any atom is -0.497 e. The summed E-state index contributed by atoms with van der Waals surface area (Å²) < 4.78 is 10.9. The maximum atomic E-state index is 6.50. The molecule has 0 amide bonds. The van der Waals surface area contributed by atoms with Crippen molar-refractivity contribution in [3.05, 3.63) is 58.6 Å². The van der Waals surface area contributed by atoms with E-state index in [4.69, 9.17) is 26.8 Å². The van der Waals surface area contributed by atoms with Crippen molar-refractivity contribution in [1.29, 1.82) is 0 Å². The van der Waals surface area contributed by atoms with Crippen LogP contribution < -0.4 is 15.2 Å². The Balaban J connectivity index is 1.94. The van der Waals surface area contributed by atoms with Gasteiger partial charge in [0.25, 0.3) is 0 Å². The molecule has 2 aromatic carbocycles. The zero-order valence-electron chi connectivity index (χ0n) is 11.9. The van der Waals surface area contributed by atoms with Crippen LogP contribution in [0.4, 0.5) is 0 Å². The molecule has 0 radical (unpaired) electrons. The molecule has 1 heterocycles. The summed E-state index contributed by atoms with van der Waals surface area (Å²) in [6.45, 7) is 0.684. The van der Waals surface area contributed by atoms with Gasteiger partial charge in [-0.2, -0.15) is 0 Å². The fraction of sp³-hybridized carbons (Fsp3) is 0.294. The summed E-state index contributed by atoms with van der Waals surface area (Å²) in [5, 5.41) is 0.644. The third-order valence-electron chi connectivity index (χ3n) is 4.01. The van der Waals surface area contributed by atoms with Crippen LogP contribution in [0.1, 0.15) is 29.5 Å². The Kier molecular flexibility index (Phi) is 4.04. The molecule has 1 aliphatic heterocycles. The van der Waals surface area contributed by atoms with E-state index in [2.05, 4.69) is 6.07 Å². The number of hydrogen-bond donors (Lipinski definition) is 1. The van der Waals surface area contributed by atoms with E-state index in [-0.39, 0.29) is 12.0 Å². The highest BCUT2D eigenvalue weighted by atomic mass is 35.5. The van der Waals surface area contributed by atoms with Gasteiger partial charge in [-0.25, -0.2) is 0 Å². The zero-order chi connectivity index (χ0) is 14.8. The zero-order valence-corrected chi connectivity index (χ0v) is 12.6. The SMILES string of the molecule is COc1ccc(C(N)C2CCOc3ccccc32)c(Cl)c1. The summed E-state index contributed by atoms with van der Waals surface area (Å²) in [5.74, 6) is 1.87. The molecule has 21 heavy (non-hydrogen) atoms. The summed E-state index contributed by atoms with van der Waals surface area (Å²) >= 11 is 6.36. The summed E-state index contributed by atoms with van der Waals surface area (Å²) in [7, 11) is 1.62. The second-order valence-corrected chi connectivity index (χ2v) is 5.60. The number of para-hydroxylation sites is 1. The molecule has 2 aromatic rings. The number of hydrogen-bond acceptors (Lipinski definition) is 3. The second kappa shape index (κ2) is 5.96. The lowest BCUT2D eigenvalue weighted by atomic mass is 9.83. The van der Waals surface area contributed by atoms with Gasteiger partial charge in [0.1, 0.15) is 11.5 Å². The van der Waals surface area contributed by atoms with Crippen LogP contribution in [0.2, 0.25) is 5.02 Å². The third kappa shape index (κ3) is 2.71. The highest BCUT2D eigenvalue weighted by Crippen LogP contribution is 2.42. The fourth-order valence-electron chi connectivity index (χ4n) is 2.86. The van der Waals surface area contributed by atoms with Crippen molar-refractivity contribution in [2.45, 2.75) is 18.4 Å². The molecule has 2 N–H and O–H groups in total. The number of ether oxygens (including phenoxy) is 2. The first kappa shape index (κ1) is 14.2. The lowest BCUT2D eigenvalue weighted by Gasteiger charge is -2.31. The third-order valence-corrected chi connectivity index (χ3v) is 4.33. The molecular formula is C17H18ClNO2. The van der Waals surface area contributed by atoms with E-state index in [1.807, 2.05) is 36.4 Å². The fourth-order valence-corrected chi connectivity index (χ4v) is 3.16. The van der Waals surface area contributed by atoms with Crippen molar-refractivity contribution in [2.24, 2.45) is 5.73 Å². The van der Waals surface area contributed by atoms with Gasteiger partial charge in [0.05, 0.1) is 13.7 Å². The Hall–Kier alpha value is -1.71. The van der Waals surface area contributed by atoms with Gasteiger partial charge in [0, 0.05) is 17.0 Å². The number of fused-ring (bicyclic) bond motifs is 1. The quantitative estimate of drug-likeness (QED) is 0.935. The largest absolute Gasteiger partial charge is 0.497 e. The highest BCUT2D eigenvalue weighted by Gasteiger charge is 2.28. The molecule has 110 valence electrons. The van der Waals surface area contributed by atoms with Crippen molar-refractivity contribution in [3.63, 3.8) is 0 Å². The monoisotopic (exact) mass is 303 g/mol. The van der Waals surface area contributed by atoms with Crippen LogP contribution in [0, 0.1) is 0 Å². The van der Waals surface area contributed by atoms with E-state index in [9.17, 15) is 0 Å². The number of benzene rings is 2. The molecule has 2 atom stereocenters. The predicted molar refractivity (Wildman–Crippen MR) is 84.2 cm³/mol. The Labute approximate surface area is 129 Å². The molecule has 4 heteroatoms. The molecule has 0 spiro atoms. The first-order chi connectivity index (χ1) is 10.2. The molecule has 2 unspecified atom stereocenters. The van der Waals surface area contributed by atoms with E-state index in [0.29, 0.717) is 11.6 Å². The Bertz CT molecular complexity index is 644. The lowest BCUT2D eigenvalue weighted by molar-refractivity contribution is 0.255. The maximum Gasteiger partial charge on any atom is 0.122 e. The Morgan fingerprint density at radius 2 is 2.10 bits per heavy atom. The normalized spacial score (nSPS) is 18.5. The molecule has 0 fully saturated rings. The molecule has 1 aliphatic rings. The molecular weight excluding hydrogens is 286 g/mol. The van der Waals surface area contributed by atoms with Gasteiger partial charge >= 0.3 is 0 Å². The molecule has 0 saturated carbocycles. The van der Waals surface area contributed by atoms with Crippen molar-refractivity contribution in [1.82, 2.24) is 0 Å². The average Bonchev–Trinajstić information content (AvgIpc) is 2.53. The lowest BCUT2D eigenvalue weighted by Crippen LogP contribution is -2.25. The van der Waals surface area contributed by atoms with E-state index in [1.165, 1.54) is 0 Å². The van der Waals surface area contributed by atoms with Gasteiger partial charge < -0.3 is 15.2 Å². The van der Waals surface area contributed by atoms with Crippen LogP contribution in [-0.4, -0.2) is 13.7 Å². The van der Waals surface area contributed by atoms with Crippen LogP contribution in [-0.2, 0) is 0 Å². The van der Waals surface area contributed by atoms with E-state index >= 15 is 0 Å². The molecule has 0 bridgehead atoms. The summed E-state index contributed by atoms with van der Waals surface area (Å²) in [6.07, 6.45) is 0.889. The standard InChI is InChI=1S/C17H18ClNO2/c1-20-11-6-7-14(15(18)10-11)17(19)13-8-9-21-16-5-3-2-4-12(13)16/h2-7,10,13,17H,8-9,19H2,1H3. The van der Waals surface area contributed by atoms with Gasteiger partial charge in [-0.15, -0.1) is 0 Å². The first-order valence-corrected chi connectivity index (χ1v) is 7.39. The molecule has 3 rings (SSSR count).